The monoisotopic (exact) mass is 237 g/mol. The fourth-order valence-electron chi connectivity index (χ4n) is 1.78. The lowest BCUT2D eigenvalue weighted by Gasteiger charge is -2.08. The minimum Gasteiger partial charge on any atom is -0.381 e. The summed E-state index contributed by atoms with van der Waals surface area (Å²) in [6, 6.07) is 17.0. The van der Waals surface area contributed by atoms with Crippen molar-refractivity contribution in [3.8, 4) is 0 Å². The Morgan fingerprint density at radius 1 is 1.00 bits per heavy atom. The molecule has 0 heterocycles. The summed E-state index contributed by atoms with van der Waals surface area (Å²) in [4.78, 5) is 0. The molecule has 2 rings (SSSR count). The van der Waals surface area contributed by atoms with E-state index in [2.05, 4.69) is 67.4 Å². The Bertz CT molecular complexity index is 521. The van der Waals surface area contributed by atoms with E-state index in [0.717, 1.165) is 17.8 Å². The molecule has 2 aromatic carbocycles. The van der Waals surface area contributed by atoms with E-state index in [-0.39, 0.29) is 0 Å². The molecular weight excluding hydrogens is 218 g/mol. The molecule has 0 aliphatic rings. The smallest absolute Gasteiger partial charge is 0.0400 e. The quantitative estimate of drug-likeness (QED) is 0.816. The summed E-state index contributed by atoms with van der Waals surface area (Å²) in [7, 11) is 0. The maximum Gasteiger partial charge on any atom is 0.0400 e. The second-order valence-electron chi connectivity index (χ2n) is 4.70. The largest absolute Gasteiger partial charge is 0.381 e. The highest BCUT2D eigenvalue weighted by Gasteiger charge is 1.96. The van der Waals surface area contributed by atoms with Crippen molar-refractivity contribution >= 4 is 11.3 Å². The first kappa shape index (κ1) is 12.4. The molecule has 92 valence electrons. The Kier molecular flexibility index (Phi) is 3.83. The van der Waals surface area contributed by atoms with E-state index in [1.54, 1.807) is 0 Å². The predicted molar refractivity (Wildman–Crippen MR) is 79.7 cm³/mol. The zero-order valence-corrected chi connectivity index (χ0v) is 11.0. The Balaban J connectivity index is 1.97. The minimum absolute atomic E-state index is 0.854. The van der Waals surface area contributed by atoms with Crippen molar-refractivity contribution in [1.82, 2.24) is 0 Å². The molecule has 1 N–H and O–H groups in total. The SMILES string of the molecule is C=C(C)c1ccc(NCc2ccc(C)cc2)cc1. The van der Waals surface area contributed by atoms with Crippen molar-refractivity contribution < 1.29 is 0 Å². The molecule has 0 atom stereocenters. The standard InChI is InChI=1S/C17H19N/c1-13(2)16-8-10-17(11-9-16)18-12-15-6-4-14(3)5-7-15/h4-11,18H,1,12H2,2-3H3. The van der Waals surface area contributed by atoms with Gasteiger partial charge in [-0.1, -0.05) is 54.1 Å². The van der Waals surface area contributed by atoms with Gasteiger partial charge in [0.1, 0.15) is 0 Å². The van der Waals surface area contributed by atoms with Crippen LogP contribution in [-0.4, -0.2) is 0 Å². The minimum atomic E-state index is 0.854. The average molecular weight is 237 g/mol. The lowest BCUT2D eigenvalue weighted by Crippen LogP contribution is -1.99. The maximum atomic E-state index is 3.94. The van der Waals surface area contributed by atoms with Gasteiger partial charge >= 0.3 is 0 Å². The lowest BCUT2D eigenvalue weighted by molar-refractivity contribution is 1.14. The molecule has 0 aliphatic carbocycles. The topological polar surface area (TPSA) is 12.0 Å². The van der Waals surface area contributed by atoms with Crippen molar-refractivity contribution in [2.75, 3.05) is 5.32 Å². The number of hydrogen-bond donors (Lipinski definition) is 1. The van der Waals surface area contributed by atoms with Crippen LogP contribution in [0.15, 0.2) is 55.1 Å². The van der Waals surface area contributed by atoms with Crippen molar-refractivity contribution in [1.29, 1.82) is 0 Å². The third kappa shape index (κ3) is 3.24. The van der Waals surface area contributed by atoms with Gasteiger partial charge < -0.3 is 5.32 Å². The van der Waals surface area contributed by atoms with Crippen molar-refractivity contribution in [2.24, 2.45) is 0 Å². The van der Waals surface area contributed by atoms with Gasteiger partial charge in [-0.3, -0.25) is 0 Å². The van der Waals surface area contributed by atoms with E-state index in [4.69, 9.17) is 0 Å². The van der Waals surface area contributed by atoms with E-state index in [9.17, 15) is 0 Å². The average Bonchev–Trinajstić information content (AvgIpc) is 2.38. The van der Waals surface area contributed by atoms with Crippen LogP contribution in [-0.2, 0) is 6.54 Å². The summed E-state index contributed by atoms with van der Waals surface area (Å²) >= 11 is 0. The molecule has 0 fully saturated rings. The Morgan fingerprint density at radius 3 is 2.17 bits per heavy atom. The molecule has 1 nitrogen and oxygen atoms in total. The van der Waals surface area contributed by atoms with Gasteiger partial charge in [0.2, 0.25) is 0 Å². The van der Waals surface area contributed by atoms with E-state index in [1.807, 2.05) is 6.92 Å². The number of rotatable bonds is 4. The van der Waals surface area contributed by atoms with Crippen LogP contribution in [0.5, 0.6) is 0 Å². The first-order chi connectivity index (χ1) is 8.65. The van der Waals surface area contributed by atoms with Crippen LogP contribution in [0.2, 0.25) is 0 Å². The third-order valence-corrected chi connectivity index (χ3v) is 2.99. The zero-order valence-electron chi connectivity index (χ0n) is 11.0. The van der Waals surface area contributed by atoms with Crippen molar-refractivity contribution in [3.63, 3.8) is 0 Å². The van der Waals surface area contributed by atoms with Crippen LogP contribution in [0.1, 0.15) is 23.6 Å². The lowest BCUT2D eigenvalue weighted by atomic mass is 10.1. The molecular formula is C17H19N. The fourth-order valence-corrected chi connectivity index (χ4v) is 1.78. The highest BCUT2D eigenvalue weighted by Crippen LogP contribution is 2.16. The summed E-state index contributed by atoms with van der Waals surface area (Å²) in [5.41, 5.74) is 6.02. The first-order valence-corrected chi connectivity index (χ1v) is 6.20. The summed E-state index contributed by atoms with van der Waals surface area (Å²) in [6.07, 6.45) is 0. The van der Waals surface area contributed by atoms with Gasteiger partial charge in [-0.05, 0) is 37.1 Å². The number of allylic oxidation sites excluding steroid dienone is 1. The molecule has 1 heteroatoms. The molecule has 2 aromatic rings. The van der Waals surface area contributed by atoms with Crippen molar-refractivity contribution in [3.05, 3.63) is 71.8 Å². The molecule has 0 saturated heterocycles. The second-order valence-corrected chi connectivity index (χ2v) is 4.70. The van der Waals surface area contributed by atoms with E-state index in [1.165, 1.54) is 16.7 Å². The van der Waals surface area contributed by atoms with Gasteiger partial charge in [-0.2, -0.15) is 0 Å². The van der Waals surface area contributed by atoms with Crippen LogP contribution in [0.3, 0.4) is 0 Å². The van der Waals surface area contributed by atoms with Gasteiger partial charge in [0.25, 0.3) is 0 Å². The normalized spacial score (nSPS) is 10.1. The van der Waals surface area contributed by atoms with E-state index in [0.29, 0.717) is 0 Å². The summed E-state index contributed by atoms with van der Waals surface area (Å²) in [5.74, 6) is 0. The van der Waals surface area contributed by atoms with Gasteiger partial charge in [-0.25, -0.2) is 0 Å². The van der Waals surface area contributed by atoms with E-state index < -0.39 is 0 Å². The fraction of sp³-hybridized carbons (Fsp3) is 0.176. The van der Waals surface area contributed by atoms with Crippen molar-refractivity contribution in [2.45, 2.75) is 20.4 Å². The Morgan fingerprint density at radius 2 is 1.61 bits per heavy atom. The van der Waals surface area contributed by atoms with Gasteiger partial charge in [0.15, 0.2) is 0 Å². The number of hydrogen-bond acceptors (Lipinski definition) is 1. The number of benzene rings is 2. The molecule has 0 aromatic heterocycles. The summed E-state index contributed by atoms with van der Waals surface area (Å²) in [5, 5.41) is 3.42. The number of aryl methyl sites for hydroxylation is 1. The number of nitrogens with one attached hydrogen (secondary N) is 1. The van der Waals surface area contributed by atoms with Crippen LogP contribution in [0.4, 0.5) is 5.69 Å². The molecule has 0 unspecified atom stereocenters. The molecule has 0 amide bonds. The molecule has 0 saturated carbocycles. The van der Waals surface area contributed by atoms with E-state index >= 15 is 0 Å². The molecule has 18 heavy (non-hydrogen) atoms. The third-order valence-electron chi connectivity index (χ3n) is 2.99. The van der Waals surface area contributed by atoms with Crippen LogP contribution in [0.25, 0.3) is 5.57 Å². The second kappa shape index (κ2) is 5.54. The molecule has 0 radical (unpaired) electrons. The van der Waals surface area contributed by atoms with Gasteiger partial charge in [0.05, 0.1) is 0 Å². The van der Waals surface area contributed by atoms with Crippen LogP contribution >= 0.6 is 0 Å². The number of anilines is 1. The molecule has 0 aliphatic heterocycles. The maximum absolute atomic E-state index is 3.94. The van der Waals surface area contributed by atoms with Gasteiger partial charge in [-0.15, -0.1) is 0 Å². The van der Waals surface area contributed by atoms with Gasteiger partial charge in [0, 0.05) is 12.2 Å². The first-order valence-electron chi connectivity index (χ1n) is 6.20. The molecule has 0 spiro atoms. The Hall–Kier alpha value is -2.02. The van der Waals surface area contributed by atoms with Crippen LogP contribution < -0.4 is 5.32 Å². The molecule has 0 bridgehead atoms. The summed E-state index contributed by atoms with van der Waals surface area (Å²) in [6.45, 7) is 8.92. The highest BCUT2D eigenvalue weighted by atomic mass is 14.9. The highest BCUT2D eigenvalue weighted by molar-refractivity contribution is 5.63. The predicted octanol–water partition coefficient (Wildman–Crippen LogP) is 4.64. The zero-order chi connectivity index (χ0) is 13.0. The van der Waals surface area contributed by atoms with Crippen LogP contribution in [0, 0.1) is 6.92 Å². The Labute approximate surface area is 109 Å². The summed E-state index contributed by atoms with van der Waals surface area (Å²) < 4.78 is 0.